The highest BCUT2D eigenvalue weighted by atomic mass is 35.5. The summed E-state index contributed by atoms with van der Waals surface area (Å²) in [5.74, 6) is 0.504. The Kier molecular flexibility index (Phi) is 3.94. The van der Waals surface area contributed by atoms with Gasteiger partial charge in [0.05, 0.1) is 11.6 Å². The Bertz CT molecular complexity index is 504. The molecule has 0 bridgehead atoms. The minimum atomic E-state index is -0.277. The third-order valence-electron chi connectivity index (χ3n) is 2.25. The van der Waals surface area contributed by atoms with Crippen LogP contribution in [0.3, 0.4) is 0 Å². The number of alkyl halides is 1. The van der Waals surface area contributed by atoms with Gasteiger partial charge in [-0.15, -0.1) is 11.6 Å². The fraction of sp³-hybridized carbons (Fsp3) is 0.154. The fourth-order valence-electron chi connectivity index (χ4n) is 1.38. The maximum absolute atomic E-state index is 13.3. The summed E-state index contributed by atoms with van der Waals surface area (Å²) < 4.78 is 18.7. The van der Waals surface area contributed by atoms with E-state index in [4.69, 9.17) is 16.3 Å². The van der Waals surface area contributed by atoms with Gasteiger partial charge in [0.15, 0.2) is 0 Å². The van der Waals surface area contributed by atoms with Gasteiger partial charge in [0.2, 0.25) is 5.88 Å². The van der Waals surface area contributed by atoms with Gasteiger partial charge in [-0.25, -0.2) is 9.37 Å². The van der Waals surface area contributed by atoms with E-state index in [0.717, 1.165) is 5.69 Å². The first kappa shape index (κ1) is 11.9. The van der Waals surface area contributed by atoms with Gasteiger partial charge in [-0.2, -0.15) is 0 Å². The van der Waals surface area contributed by atoms with E-state index in [9.17, 15) is 4.39 Å². The zero-order chi connectivity index (χ0) is 12.1. The standard InChI is InChI=1S/C13H11ClFNO/c14-8-11-5-3-7-13(16-11)17-9-10-4-1-2-6-12(10)15/h1-7H,8-9H2. The molecular formula is C13H11ClFNO. The molecule has 0 fully saturated rings. The summed E-state index contributed by atoms with van der Waals surface area (Å²) in [5.41, 5.74) is 1.24. The predicted molar refractivity (Wildman–Crippen MR) is 64.5 cm³/mol. The molecule has 2 aromatic rings. The molecule has 0 saturated heterocycles. The summed E-state index contributed by atoms with van der Waals surface area (Å²) in [5, 5.41) is 0. The first-order valence-electron chi connectivity index (χ1n) is 5.17. The summed E-state index contributed by atoms with van der Waals surface area (Å²) >= 11 is 5.66. The van der Waals surface area contributed by atoms with E-state index in [1.54, 1.807) is 30.3 Å². The molecule has 0 aliphatic heterocycles. The molecule has 17 heavy (non-hydrogen) atoms. The molecule has 2 nitrogen and oxygen atoms in total. The van der Waals surface area contributed by atoms with Crippen molar-refractivity contribution in [1.29, 1.82) is 0 Å². The molecule has 0 atom stereocenters. The van der Waals surface area contributed by atoms with E-state index in [0.29, 0.717) is 17.3 Å². The van der Waals surface area contributed by atoms with Gasteiger partial charge in [-0.3, -0.25) is 0 Å². The lowest BCUT2D eigenvalue weighted by Crippen LogP contribution is -2.00. The normalized spacial score (nSPS) is 10.2. The largest absolute Gasteiger partial charge is 0.473 e. The van der Waals surface area contributed by atoms with Crippen LogP contribution in [0.4, 0.5) is 4.39 Å². The Morgan fingerprint density at radius 1 is 1.12 bits per heavy atom. The third-order valence-corrected chi connectivity index (χ3v) is 2.53. The van der Waals surface area contributed by atoms with Crippen molar-refractivity contribution >= 4 is 11.6 Å². The predicted octanol–water partition coefficient (Wildman–Crippen LogP) is 3.54. The highest BCUT2D eigenvalue weighted by Gasteiger charge is 2.02. The van der Waals surface area contributed by atoms with Crippen LogP contribution in [0.1, 0.15) is 11.3 Å². The average Bonchev–Trinajstić information content (AvgIpc) is 2.38. The zero-order valence-electron chi connectivity index (χ0n) is 9.07. The maximum atomic E-state index is 13.3. The number of benzene rings is 1. The van der Waals surface area contributed by atoms with Gasteiger partial charge in [-0.1, -0.05) is 24.3 Å². The summed E-state index contributed by atoms with van der Waals surface area (Å²) in [6, 6.07) is 11.8. The van der Waals surface area contributed by atoms with Crippen LogP contribution < -0.4 is 4.74 Å². The number of rotatable bonds is 4. The molecule has 0 radical (unpaired) electrons. The number of hydrogen-bond donors (Lipinski definition) is 0. The van der Waals surface area contributed by atoms with Crippen molar-refractivity contribution in [1.82, 2.24) is 4.98 Å². The molecular weight excluding hydrogens is 241 g/mol. The van der Waals surface area contributed by atoms with Crippen molar-refractivity contribution in [2.45, 2.75) is 12.5 Å². The Morgan fingerprint density at radius 3 is 2.71 bits per heavy atom. The van der Waals surface area contributed by atoms with Crippen LogP contribution in [0, 0.1) is 5.82 Å². The second kappa shape index (κ2) is 5.64. The summed E-state index contributed by atoms with van der Waals surface area (Å²) in [6.45, 7) is 0.158. The average molecular weight is 252 g/mol. The quantitative estimate of drug-likeness (QED) is 0.776. The molecule has 0 aliphatic rings. The van der Waals surface area contributed by atoms with Crippen LogP contribution in [-0.2, 0) is 12.5 Å². The van der Waals surface area contributed by atoms with Crippen molar-refractivity contribution in [3.8, 4) is 5.88 Å². The molecule has 0 amide bonds. The van der Waals surface area contributed by atoms with Gasteiger partial charge in [0, 0.05) is 11.6 Å². The molecule has 2 rings (SSSR count). The lowest BCUT2D eigenvalue weighted by molar-refractivity contribution is 0.287. The number of pyridine rings is 1. The van der Waals surface area contributed by atoms with Crippen molar-refractivity contribution in [2.24, 2.45) is 0 Å². The number of hydrogen-bond acceptors (Lipinski definition) is 2. The molecule has 1 heterocycles. The second-order valence-corrected chi connectivity index (χ2v) is 3.75. The SMILES string of the molecule is Fc1ccccc1COc1cccc(CCl)n1. The third kappa shape index (κ3) is 3.17. The van der Waals surface area contributed by atoms with Crippen LogP contribution in [-0.4, -0.2) is 4.98 Å². The van der Waals surface area contributed by atoms with E-state index >= 15 is 0 Å². The van der Waals surface area contributed by atoms with Crippen LogP contribution >= 0.6 is 11.6 Å². The van der Waals surface area contributed by atoms with Crippen molar-refractivity contribution < 1.29 is 9.13 Å². The summed E-state index contributed by atoms with van der Waals surface area (Å²) in [7, 11) is 0. The second-order valence-electron chi connectivity index (χ2n) is 3.48. The van der Waals surface area contributed by atoms with E-state index < -0.39 is 0 Å². The topological polar surface area (TPSA) is 22.1 Å². The van der Waals surface area contributed by atoms with E-state index in [1.165, 1.54) is 6.07 Å². The Morgan fingerprint density at radius 2 is 1.94 bits per heavy atom. The van der Waals surface area contributed by atoms with Gasteiger partial charge >= 0.3 is 0 Å². The van der Waals surface area contributed by atoms with Crippen LogP contribution in [0.15, 0.2) is 42.5 Å². The smallest absolute Gasteiger partial charge is 0.213 e. The molecule has 1 aromatic heterocycles. The minimum Gasteiger partial charge on any atom is -0.473 e. The van der Waals surface area contributed by atoms with Gasteiger partial charge in [0.25, 0.3) is 0 Å². The number of ether oxygens (including phenoxy) is 1. The highest BCUT2D eigenvalue weighted by molar-refractivity contribution is 6.16. The van der Waals surface area contributed by atoms with Crippen LogP contribution in [0.25, 0.3) is 0 Å². The number of aromatic nitrogens is 1. The molecule has 0 spiro atoms. The van der Waals surface area contributed by atoms with E-state index in [1.807, 2.05) is 6.07 Å². The van der Waals surface area contributed by atoms with Gasteiger partial charge in [-0.05, 0) is 12.1 Å². The Labute approximate surface area is 104 Å². The Hall–Kier alpha value is -1.61. The minimum absolute atomic E-state index is 0.158. The summed E-state index contributed by atoms with van der Waals surface area (Å²) in [6.07, 6.45) is 0. The van der Waals surface area contributed by atoms with E-state index in [2.05, 4.69) is 4.98 Å². The maximum Gasteiger partial charge on any atom is 0.213 e. The van der Waals surface area contributed by atoms with E-state index in [-0.39, 0.29) is 12.4 Å². The highest BCUT2D eigenvalue weighted by Crippen LogP contribution is 2.13. The van der Waals surface area contributed by atoms with Crippen molar-refractivity contribution in [3.63, 3.8) is 0 Å². The molecule has 88 valence electrons. The fourth-order valence-corrected chi connectivity index (χ4v) is 1.53. The van der Waals surface area contributed by atoms with Crippen molar-refractivity contribution in [2.75, 3.05) is 0 Å². The van der Waals surface area contributed by atoms with Crippen LogP contribution in [0.2, 0.25) is 0 Å². The number of nitrogens with zero attached hydrogens (tertiary/aromatic N) is 1. The summed E-state index contributed by atoms with van der Waals surface area (Å²) in [4.78, 5) is 4.16. The molecule has 1 aromatic carbocycles. The van der Waals surface area contributed by atoms with Crippen LogP contribution in [0.5, 0.6) is 5.88 Å². The first-order chi connectivity index (χ1) is 8.29. The monoisotopic (exact) mass is 251 g/mol. The van der Waals surface area contributed by atoms with Crippen molar-refractivity contribution in [3.05, 3.63) is 59.5 Å². The zero-order valence-corrected chi connectivity index (χ0v) is 9.82. The lowest BCUT2D eigenvalue weighted by atomic mass is 10.2. The first-order valence-corrected chi connectivity index (χ1v) is 5.71. The molecule has 4 heteroatoms. The number of halogens is 2. The molecule has 0 saturated carbocycles. The molecule has 0 aliphatic carbocycles. The van der Waals surface area contributed by atoms with Gasteiger partial charge < -0.3 is 4.74 Å². The molecule has 0 N–H and O–H groups in total. The molecule has 0 unspecified atom stereocenters. The lowest BCUT2D eigenvalue weighted by Gasteiger charge is -2.06. The Balaban J connectivity index is 2.05. The van der Waals surface area contributed by atoms with Gasteiger partial charge in [0.1, 0.15) is 12.4 Å².